The lowest BCUT2D eigenvalue weighted by Crippen LogP contribution is -2.35. The maximum atomic E-state index is 12.2. The van der Waals surface area contributed by atoms with Crippen molar-refractivity contribution in [3.63, 3.8) is 0 Å². The number of hydrazone groups is 1. The van der Waals surface area contributed by atoms with E-state index in [9.17, 15) is 24.8 Å². The summed E-state index contributed by atoms with van der Waals surface area (Å²) in [6.07, 6.45) is 2.37. The van der Waals surface area contributed by atoms with Gasteiger partial charge in [-0.25, -0.2) is 15.6 Å². The van der Waals surface area contributed by atoms with Crippen LogP contribution in [-0.2, 0) is 22.6 Å². The molecule has 13 nitrogen and oxygen atoms in total. The predicted molar refractivity (Wildman–Crippen MR) is 148 cm³/mol. The van der Waals surface area contributed by atoms with Gasteiger partial charge in [-0.15, -0.1) is 15.2 Å². The summed E-state index contributed by atoms with van der Waals surface area (Å²) in [6.45, 7) is 2.08. The highest BCUT2D eigenvalue weighted by Gasteiger charge is 2.21. The Morgan fingerprint density at radius 3 is 2.55 bits per heavy atom. The molecule has 0 aliphatic carbocycles. The maximum absolute atomic E-state index is 12.2. The van der Waals surface area contributed by atoms with Crippen LogP contribution in [0.1, 0.15) is 60.0 Å². The average Bonchev–Trinajstić information content (AvgIpc) is 3.24. The van der Waals surface area contributed by atoms with Crippen molar-refractivity contribution in [3.05, 3.63) is 86.4 Å². The third-order valence-corrected chi connectivity index (χ3v) is 6.24. The van der Waals surface area contributed by atoms with Crippen LogP contribution >= 0.6 is 11.6 Å². The molecule has 1 heterocycles. The standard InChI is InChI=1S/C26H30ClN7O6/c1-2-3-9-21-30-24(27)23(26(36)37)32(21)16-17-11-13-18(14-12-17)19-7-4-5-8-20(19)25(28)31-33(29)22(35)10-6-15-40-34(38)39/h4-5,7-8,11-14H,2-3,6,9-10,15-16,29H2,1H3,(H2,28,31)(H,36,37). The minimum absolute atomic E-state index is 0.00297. The molecule has 3 rings (SSSR count). The summed E-state index contributed by atoms with van der Waals surface area (Å²) in [6, 6.07) is 14.6. The van der Waals surface area contributed by atoms with Gasteiger partial charge in [0, 0.05) is 24.9 Å². The number of nitrogens with two attached hydrogens (primary N) is 2. The number of hydrogen-bond donors (Lipinski definition) is 3. The zero-order valence-corrected chi connectivity index (χ0v) is 22.6. The van der Waals surface area contributed by atoms with Crippen LogP contribution in [0.3, 0.4) is 0 Å². The van der Waals surface area contributed by atoms with E-state index in [0.29, 0.717) is 22.9 Å². The van der Waals surface area contributed by atoms with Crippen LogP contribution in [-0.4, -0.2) is 49.2 Å². The van der Waals surface area contributed by atoms with Gasteiger partial charge in [0.25, 0.3) is 11.0 Å². The van der Waals surface area contributed by atoms with E-state index in [1.807, 2.05) is 43.3 Å². The number of amides is 1. The normalized spacial score (nSPS) is 11.3. The number of carbonyl (C=O) groups is 2. The molecule has 2 aromatic carbocycles. The van der Waals surface area contributed by atoms with E-state index in [0.717, 1.165) is 29.5 Å². The monoisotopic (exact) mass is 571 g/mol. The third kappa shape index (κ3) is 7.77. The first-order chi connectivity index (χ1) is 19.1. The Bertz CT molecular complexity index is 1390. The van der Waals surface area contributed by atoms with Gasteiger partial charge in [0.05, 0.1) is 6.61 Å². The summed E-state index contributed by atoms with van der Waals surface area (Å²) >= 11 is 6.14. The molecule has 0 radical (unpaired) electrons. The Morgan fingerprint density at radius 2 is 1.90 bits per heavy atom. The fourth-order valence-corrected chi connectivity index (χ4v) is 4.28. The maximum Gasteiger partial charge on any atom is 0.355 e. The summed E-state index contributed by atoms with van der Waals surface area (Å²) in [4.78, 5) is 42.7. The first-order valence-corrected chi connectivity index (χ1v) is 12.9. The molecule has 1 aromatic heterocycles. The highest BCUT2D eigenvalue weighted by Crippen LogP contribution is 2.26. The molecule has 0 aliphatic rings. The van der Waals surface area contributed by atoms with Crippen LogP contribution in [0.15, 0.2) is 53.6 Å². The summed E-state index contributed by atoms with van der Waals surface area (Å²) in [7, 11) is 0. The van der Waals surface area contributed by atoms with E-state index in [-0.39, 0.29) is 42.7 Å². The lowest BCUT2D eigenvalue weighted by molar-refractivity contribution is -0.757. The second-order valence-corrected chi connectivity index (χ2v) is 9.15. The van der Waals surface area contributed by atoms with Gasteiger partial charge < -0.3 is 20.2 Å². The van der Waals surface area contributed by atoms with Crippen molar-refractivity contribution in [1.82, 2.24) is 14.7 Å². The number of carboxylic acid groups (broad SMARTS) is 1. The molecular weight excluding hydrogens is 542 g/mol. The third-order valence-electron chi connectivity index (χ3n) is 5.97. The number of halogens is 1. The quantitative estimate of drug-likeness (QED) is 0.0493. The second-order valence-electron chi connectivity index (χ2n) is 8.79. The van der Waals surface area contributed by atoms with Crippen LogP contribution in [0.5, 0.6) is 0 Å². The van der Waals surface area contributed by atoms with E-state index >= 15 is 0 Å². The van der Waals surface area contributed by atoms with Crippen molar-refractivity contribution in [3.8, 4) is 11.1 Å². The van der Waals surface area contributed by atoms with Gasteiger partial charge in [-0.3, -0.25) is 4.79 Å². The van der Waals surface area contributed by atoms with Crippen molar-refractivity contribution >= 4 is 29.3 Å². The molecule has 0 atom stereocenters. The minimum atomic E-state index is -1.14. The van der Waals surface area contributed by atoms with Crippen LogP contribution in [0, 0.1) is 10.1 Å². The molecule has 0 unspecified atom stereocenters. The number of aromatic nitrogens is 2. The van der Waals surface area contributed by atoms with Crippen molar-refractivity contribution in [2.75, 3.05) is 6.61 Å². The van der Waals surface area contributed by atoms with Gasteiger partial charge >= 0.3 is 5.97 Å². The lowest BCUT2D eigenvalue weighted by atomic mass is 9.98. The molecule has 0 spiro atoms. The van der Waals surface area contributed by atoms with E-state index in [1.165, 1.54) is 0 Å². The van der Waals surface area contributed by atoms with Crippen molar-refractivity contribution < 1.29 is 24.6 Å². The van der Waals surface area contributed by atoms with E-state index in [2.05, 4.69) is 14.9 Å². The first-order valence-electron chi connectivity index (χ1n) is 12.5. The summed E-state index contributed by atoms with van der Waals surface area (Å²) in [5.74, 6) is 4.63. The molecule has 0 fully saturated rings. The number of hydrazine groups is 1. The molecule has 212 valence electrons. The predicted octanol–water partition coefficient (Wildman–Crippen LogP) is 3.60. The second kappa shape index (κ2) is 14.1. The molecule has 0 saturated carbocycles. The molecule has 14 heteroatoms. The number of benzene rings is 2. The van der Waals surface area contributed by atoms with Crippen LogP contribution in [0.2, 0.25) is 5.15 Å². The highest BCUT2D eigenvalue weighted by atomic mass is 35.5. The molecule has 0 saturated heterocycles. The summed E-state index contributed by atoms with van der Waals surface area (Å²) in [5, 5.41) is 23.5. The van der Waals surface area contributed by atoms with Gasteiger partial charge in [-0.1, -0.05) is 73.5 Å². The van der Waals surface area contributed by atoms with Gasteiger partial charge in [-0.05, 0) is 29.5 Å². The number of hydrogen-bond acceptors (Lipinski definition) is 8. The molecule has 0 bridgehead atoms. The molecule has 5 N–H and O–H groups in total. The largest absolute Gasteiger partial charge is 0.476 e. The number of unbranched alkanes of at least 4 members (excludes halogenated alkanes) is 1. The fraction of sp³-hybridized carbons (Fsp3) is 0.308. The van der Waals surface area contributed by atoms with Crippen LogP contribution in [0.4, 0.5) is 0 Å². The highest BCUT2D eigenvalue weighted by molar-refractivity contribution is 6.32. The van der Waals surface area contributed by atoms with E-state index in [1.54, 1.807) is 16.7 Å². The topological polar surface area (TPSA) is 192 Å². The number of imidazole rings is 1. The number of rotatable bonds is 14. The van der Waals surface area contributed by atoms with E-state index in [4.69, 9.17) is 23.2 Å². The smallest absolute Gasteiger partial charge is 0.355 e. The van der Waals surface area contributed by atoms with Crippen molar-refractivity contribution in [2.45, 2.75) is 45.6 Å². The number of carboxylic acids is 1. The zero-order chi connectivity index (χ0) is 29.2. The number of aromatic carboxylic acids is 1. The fourth-order valence-electron chi connectivity index (χ4n) is 4.00. The summed E-state index contributed by atoms with van der Waals surface area (Å²) < 4.78 is 1.63. The Kier molecular flexibility index (Phi) is 10.6. The van der Waals surface area contributed by atoms with Gasteiger partial charge in [-0.2, -0.15) is 5.12 Å². The molecular formula is C26H30ClN7O6. The summed E-state index contributed by atoms with van der Waals surface area (Å²) in [5.41, 5.74) is 9.06. The number of amidine groups is 1. The minimum Gasteiger partial charge on any atom is -0.476 e. The molecule has 1 amide bonds. The molecule has 3 aromatic rings. The van der Waals surface area contributed by atoms with Crippen LogP contribution < -0.4 is 11.6 Å². The Balaban J connectivity index is 1.80. The molecule has 40 heavy (non-hydrogen) atoms. The van der Waals surface area contributed by atoms with Gasteiger partial charge in [0.1, 0.15) is 5.82 Å². The van der Waals surface area contributed by atoms with Crippen molar-refractivity contribution in [2.24, 2.45) is 16.7 Å². The average molecular weight is 572 g/mol. The van der Waals surface area contributed by atoms with E-state index < -0.39 is 17.0 Å². The van der Waals surface area contributed by atoms with Gasteiger partial charge in [0.15, 0.2) is 16.7 Å². The Morgan fingerprint density at radius 1 is 1.20 bits per heavy atom. The first kappa shape index (κ1) is 30.1. The Labute approximate surface area is 235 Å². The van der Waals surface area contributed by atoms with Crippen molar-refractivity contribution in [1.29, 1.82) is 0 Å². The SMILES string of the molecule is CCCCc1nc(Cl)c(C(=O)O)n1Cc1ccc(-c2ccccc2/C(N)=N/N(N)C(=O)CCCO[N+](=O)[O-])cc1. The lowest BCUT2D eigenvalue weighted by Gasteiger charge is -2.14. The van der Waals surface area contributed by atoms with Crippen LogP contribution in [0.25, 0.3) is 11.1 Å². The Hall–Kier alpha value is -4.49. The number of nitrogens with zero attached hydrogens (tertiary/aromatic N) is 5. The van der Waals surface area contributed by atoms with Gasteiger partial charge in [0.2, 0.25) is 0 Å². The number of carbonyl (C=O) groups excluding carboxylic acids is 1. The zero-order valence-electron chi connectivity index (χ0n) is 21.8. The number of aryl methyl sites for hydroxylation is 1. The molecule has 0 aliphatic heterocycles.